The average Bonchev–Trinajstić information content (AvgIpc) is 2.88. The van der Waals surface area contributed by atoms with Gasteiger partial charge in [-0.1, -0.05) is 53.0 Å². The molecule has 6 nitrogen and oxygen atoms in total. The molecule has 210 valence electrons. The fourth-order valence-corrected chi connectivity index (χ4v) is 3.77. The van der Waals surface area contributed by atoms with Crippen LogP contribution in [0.2, 0.25) is 10.0 Å². The Labute approximate surface area is 235 Å². The molecule has 0 unspecified atom stereocenters. The first-order valence-electron chi connectivity index (χ1n) is 11.5. The normalized spacial score (nSPS) is 10.2. The molecule has 0 aliphatic rings. The zero-order valence-electron chi connectivity index (χ0n) is 22.3. The van der Waals surface area contributed by atoms with Crippen molar-refractivity contribution in [1.82, 2.24) is 16.0 Å². The van der Waals surface area contributed by atoms with Crippen LogP contribution in [0.5, 0.6) is 0 Å². The molecule has 0 spiro atoms. The van der Waals surface area contributed by atoms with Gasteiger partial charge in [0.1, 0.15) is 0 Å². The number of halogens is 5. The quantitative estimate of drug-likeness (QED) is 0.334. The maximum absolute atomic E-state index is 12.3. The average molecular weight is 584 g/mol. The summed E-state index contributed by atoms with van der Waals surface area (Å²) in [6.45, 7) is 5.81. The van der Waals surface area contributed by atoms with E-state index in [1.165, 1.54) is 12.6 Å². The van der Waals surface area contributed by atoms with E-state index in [2.05, 4.69) is 16.0 Å². The molecule has 0 aliphatic heterocycles. The van der Waals surface area contributed by atoms with Gasteiger partial charge in [-0.15, -0.1) is 0 Å². The highest BCUT2D eigenvalue weighted by molar-refractivity contribution is 6.34. The van der Waals surface area contributed by atoms with Crippen LogP contribution < -0.4 is 16.0 Å². The highest BCUT2D eigenvalue weighted by Gasteiger charge is 2.31. The molecule has 0 bridgehead atoms. The third-order valence-corrected chi connectivity index (χ3v) is 5.94. The SMILES string of the molecule is CNC(=O)c1c(C)cccc1Cl.CNC(=O)c1cc(C(F)(F)F)ccc1Cl.CNC(=O)c1ccc(C)cc1C. The molecule has 11 heteroatoms. The summed E-state index contributed by atoms with van der Waals surface area (Å²) in [7, 11) is 4.55. The molecular formula is C28H30Cl2F3N3O3. The minimum absolute atomic E-state index is 0.0117. The van der Waals surface area contributed by atoms with E-state index in [9.17, 15) is 27.6 Å². The molecule has 39 heavy (non-hydrogen) atoms. The van der Waals surface area contributed by atoms with Crippen molar-refractivity contribution in [3.8, 4) is 0 Å². The lowest BCUT2D eigenvalue weighted by molar-refractivity contribution is -0.137. The molecule has 0 aliphatic carbocycles. The Balaban J connectivity index is 0.000000295. The highest BCUT2D eigenvalue weighted by Crippen LogP contribution is 2.31. The van der Waals surface area contributed by atoms with Crippen LogP contribution in [0.15, 0.2) is 54.6 Å². The van der Waals surface area contributed by atoms with Crippen LogP contribution in [0.1, 0.15) is 53.3 Å². The van der Waals surface area contributed by atoms with E-state index in [-0.39, 0.29) is 22.4 Å². The predicted molar refractivity (Wildman–Crippen MR) is 149 cm³/mol. The Hall–Kier alpha value is -3.56. The van der Waals surface area contributed by atoms with Crippen molar-refractivity contribution in [2.45, 2.75) is 26.9 Å². The smallest absolute Gasteiger partial charge is 0.355 e. The van der Waals surface area contributed by atoms with Crippen LogP contribution in [0.25, 0.3) is 0 Å². The largest absolute Gasteiger partial charge is 0.416 e. The Kier molecular flexibility index (Phi) is 13.0. The molecule has 0 atom stereocenters. The van der Waals surface area contributed by atoms with Crippen LogP contribution >= 0.6 is 23.2 Å². The molecule has 3 amide bonds. The molecular weight excluding hydrogens is 554 g/mol. The van der Waals surface area contributed by atoms with Gasteiger partial charge in [0.2, 0.25) is 0 Å². The van der Waals surface area contributed by atoms with Crippen molar-refractivity contribution in [2.24, 2.45) is 0 Å². The zero-order valence-corrected chi connectivity index (χ0v) is 23.8. The van der Waals surface area contributed by atoms with Crippen LogP contribution in [-0.4, -0.2) is 38.9 Å². The van der Waals surface area contributed by atoms with Crippen molar-refractivity contribution >= 4 is 40.9 Å². The van der Waals surface area contributed by atoms with Crippen molar-refractivity contribution in [1.29, 1.82) is 0 Å². The minimum atomic E-state index is -4.48. The van der Waals surface area contributed by atoms with E-state index in [4.69, 9.17) is 23.2 Å². The van der Waals surface area contributed by atoms with Crippen molar-refractivity contribution < 1.29 is 27.6 Å². The summed E-state index contributed by atoms with van der Waals surface area (Å²) in [5, 5.41) is 7.84. The minimum Gasteiger partial charge on any atom is -0.355 e. The molecule has 0 saturated carbocycles. The van der Waals surface area contributed by atoms with Crippen LogP contribution in [0, 0.1) is 20.8 Å². The highest BCUT2D eigenvalue weighted by atomic mass is 35.5. The second-order valence-electron chi connectivity index (χ2n) is 8.18. The number of aryl methyl sites for hydroxylation is 3. The van der Waals surface area contributed by atoms with E-state index in [1.54, 1.807) is 20.2 Å². The first-order chi connectivity index (χ1) is 18.2. The van der Waals surface area contributed by atoms with Gasteiger partial charge in [-0.3, -0.25) is 14.4 Å². The van der Waals surface area contributed by atoms with E-state index >= 15 is 0 Å². The summed E-state index contributed by atoms with van der Waals surface area (Å²) in [5.74, 6) is -0.809. The van der Waals surface area contributed by atoms with E-state index in [0.29, 0.717) is 10.6 Å². The van der Waals surface area contributed by atoms with Gasteiger partial charge in [-0.25, -0.2) is 0 Å². The lowest BCUT2D eigenvalue weighted by Gasteiger charge is -2.09. The number of rotatable bonds is 3. The Bertz CT molecular complexity index is 1310. The van der Waals surface area contributed by atoms with Gasteiger partial charge in [0.05, 0.1) is 26.7 Å². The molecule has 0 radical (unpaired) electrons. The van der Waals surface area contributed by atoms with Gasteiger partial charge in [0, 0.05) is 26.7 Å². The first-order valence-corrected chi connectivity index (χ1v) is 12.3. The summed E-state index contributed by atoms with van der Waals surface area (Å²) < 4.78 is 36.9. The number of nitrogens with one attached hydrogen (secondary N) is 3. The summed E-state index contributed by atoms with van der Waals surface area (Å²) in [5.41, 5.74) is 3.32. The second-order valence-corrected chi connectivity index (χ2v) is 8.99. The van der Waals surface area contributed by atoms with Gasteiger partial charge in [0.15, 0.2) is 0 Å². The summed E-state index contributed by atoms with van der Waals surface area (Å²) in [6, 6.07) is 13.8. The summed E-state index contributed by atoms with van der Waals surface area (Å²) in [6.07, 6.45) is -4.48. The van der Waals surface area contributed by atoms with Gasteiger partial charge in [-0.05, 0) is 62.2 Å². The number of hydrogen-bond acceptors (Lipinski definition) is 3. The molecule has 3 aromatic rings. The lowest BCUT2D eigenvalue weighted by Crippen LogP contribution is -2.19. The molecule has 0 saturated heterocycles. The summed E-state index contributed by atoms with van der Waals surface area (Å²) in [4.78, 5) is 33.6. The Morgan fingerprint density at radius 1 is 0.667 bits per heavy atom. The Morgan fingerprint density at radius 3 is 1.72 bits per heavy atom. The Morgan fingerprint density at radius 2 is 1.23 bits per heavy atom. The van der Waals surface area contributed by atoms with E-state index in [1.807, 2.05) is 51.1 Å². The topological polar surface area (TPSA) is 87.3 Å². The van der Waals surface area contributed by atoms with E-state index in [0.717, 1.165) is 34.9 Å². The number of amides is 3. The number of benzene rings is 3. The maximum atomic E-state index is 12.3. The monoisotopic (exact) mass is 583 g/mol. The van der Waals surface area contributed by atoms with Crippen molar-refractivity contribution in [3.05, 3.63) is 104 Å². The third kappa shape index (κ3) is 9.92. The lowest BCUT2D eigenvalue weighted by atomic mass is 10.1. The van der Waals surface area contributed by atoms with Gasteiger partial charge >= 0.3 is 6.18 Å². The third-order valence-electron chi connectivity index (χ3n) is 5.30. The number of hydrogen-bond donors (Lipinski definition) is 3. The molecule has 0 aromatic heterocycles. The standard InChI is InChI=1S/C10H13NO.C9H7ClF3NO.C9H10ClNO/c1-7-4-5-9(8(2)6-7)10(12)11-3;1-14-8(15)6-4-5(9(11,12)13)2-3-7(6)10;1-6-4-3-5-7(10)8(6)9(12)11-2/h4-6H,1-3H3,(H,11,12);2-4H,1H3,(H,14,15);3-5H,1-2H3,(H,11,12). The number of carbonyl (C=O) groups is 3. The summed E-state index contributed by atoms with van der Waals surface area (Å²) >= 11 is 11.4. The van der Waals surface area contributed by atoms with Crippen molar-refractivity contribution in [3.63, 3.8) is 0 Å². The molecule has 3 rings (SSSR count). The first kappa shape index (κ1) is 33.5. The molecule has 0 heterocycles. The zero-order chi connectivity index (χ0) is 29.9. The number of carbonyl (C=O) groups excluding carboxylic acids is 3. The molecule has 3 N–H and O–H groups in total. The van der Waals surface area contributed by atoms with Gasteiger partial charge in [-0.2, -0.15) is 13.2 Å². The molecule has 0 fully saturated rings. The van der Waals surface area contributed by atoms with Gasteiger partial charge in [0.25, 0.3) is 17.7 Å². The number of alkyl halides is 3. The van der Waals surface area contributed by atoms with Gasteiger partial charge < -0.3 is 16.0 Å². The van der Waals surface area contributed by atoms with E-state index < -0.39 is 17.6 Å². The fourth-order valence-electron chi connectivity index (χ4n) is 3.26. The maximum Gasteiger partial charge on any atom is 0.416 e. The van der Waals surface area contributed by atoms with Crippen LogP contribution in [-0.2, 0) is 6.18 Å². The second kappa shape index (κ2) is 15.1. The molecule has 3 aromatic carbocycles. The fraction of sp³-hybridized carbons (Fsp3) is 0.250. The predicted octanol–water partition coefficient (Wildman–Crippen LogP) is 6.39. The van der Waals surface area contributed by atoms with Crippen LogP contribution in [0.3, 0.4) is 0 Å². The van der Waals surface area contributed by atoms with Crippen LogP contribution in [0.4, 0.5) is 13.2 Å². The van der Waals surface area contributed by atoms with Crippen molar-refractivity contribution in [2.75, 3.05) is 21.1 Å².